The van der Waals surface area contributed by atoms with Crippen molar-refractivity contribution in [1.29, 1.82) is 0 Å². The average Bonchev–Trinajstić information content (AvgIpc) is 3.42. The number of hydrogen-bond acceptors (Lipinski definition) is 4. The van der Waals surface area contributed by atoms with E-state index in [0.717, 1.165) is 18.4 Å². The van der Waals surface area contributed by atoms with Crippen LogP contribution in [0.25, 0.3) is 0 Å². The lowest BCUT2D eigenvalue weighted by Gasteiger charge is -2.29. The van der Waals surface area contributed by atoms with E-state index in [2.05, 4.69) is 5.43 Å². The van der Waals surface area contributed by atoms with Gasteiger partial charge in [0.25, 0.3) is 5.91 Å². The molecule has 1 saturated carbocycles. The van der Waals surface area contributed by atoms with Gasteiger partial charge in [-0.15, -0.1) is 0 Å². The first kappa shape index (κ1) is 14.6. The van der Waals surface area contributed by atoms with Crippen LogP contribution in [0.15, 0.2) is 59.2 Å². The van der Waals surface area contributed by atoms with Gasteiger partial charge in [0.2, 0.25) is 5.43 Å². The van der Waals surface area contributed by atoms with Gasteiger partial charge in [-0.1, -0.05) is 35.9 Å². The summed E-state index contributed by atoms with van der Waals surface area (Å²) in [5, 5.41) is 0. The van der Waals surface area contributed by atoms with Gasteiger partial charge < -0.3 is 10.2 Å². The van der Waals surface area contributed by atoms with Crippen molar-refractivity contribution >= 4 is 5.91 Å². The molecule has 0 atom stereocenters. The number of carbonyl (C=O) groups is 1. The van der Waals surface area contributed by atoms with Gasteiger partial charge >= 0.3 is 0 Å². The van der Waals surface area contributed by atoms with Crippen molar-refractivity contribution < 1.29 is 9.53 Å². The molecule has 6 heteroatoms. The molecule has 2 heterocycles. The normalized spacial score (nSPS) is 15.6. The fourth-order valence-electron chi connectivity index (χ4n) is 2.61. The lowest BCUT2D eigenvalue weighted by molar-refractivity contribution is 0.0788. The van der Waals surface area contributed by atoms with E-state index >= 15 is 0 Å². The second-order valence-electron chi connectivity index (χ2n) is 5.88. The van der Waals surface area contributed by atoms with Gasteiger partial charge in [-0.05, 0) is 18.4 Å². The summed E-state index contributed by atoms with van der Waals surface area (Å²) in [7, 11) is 0. The van der Waals surface area contributed by atoms with E-state index in [0.29, 0.717) is 6.67 Å². The van der Waals surface area contributed by atoms with Crippen LogP contribution in [0, 0.1) is 0 Å². The van der Waals surface area contributed by atoms with E-state index in [4.69, 9.17) is 4.74 Å². The molecule has 1 amide bonds. The Morgan fingerprint density at radius 2 is 1.92 bits per heavy atom. The molecule has 0 saturated heterocycles. The summed E-state index contributed by atoms with van der Waals surface area (Å²) >= 11 is 0. The zero-order valence-corrected chi connectivity index (χ0v) is 13.1. The van der Waals surface area contributed by atoms with Gasteiger partial charge in [0.05, 0.1) is 0 Å². The maximum Gasteiger partial charge on any atom is 0.281 e. The molecule has 0 bridgehead atoms. The largest absolute Gasteiger partial charge is 0.482 e. The second kappa shape index (κ2) is 5.88. The Morgan fingerprint density at radius 1 is 1.12 bits per heavy atom. The van der Waals surface area contributed by atoms with Gasteiger partial charge in [-0.2, -0.15) is 0 Å². The first-order chi connectivity index (χ1) is 11.7. The fraction of sp³-hybridized carbons (Fsp3) is 0.222. The van der Waals surface area contributed by atoms with Crippen molar-refractivity contribution in [2.75, 3.05) is 12.1 Å². The van der Waals surface area contributed by atoms with Crippen LogP contribution in [0.5, 0.6) is 5.75 Å². The summed E-state index contributed by atoms with van der Waals surface area (Å²) in [5.74, 6) is -0.147. The zero-order valence-electron chi connectivity index (χ0n) is 13.1. The molecular formula is C18H17N3O3. The average molecular weight is 323 g/mol. The lowest BCUT2D eigenvalue weighted by Crippen LogP contribution is -2.44. The van der Waals surface area contributed by atoms with E-state index in [1.165, 1.54) is 11.6 Å². The highest BCUT2D eigenvalue weighted by Crippen LogP contribution is 2.29. The molecule has 4 rings (SSSR count). The summed E-state index contributed by atoms with van der Waals surface area (Å²) in [6, 6.07) is 11.0. The van der Waals surface area contributed by atoms with Gasteiger partial charge in [0.1, 0.15) is 13.3 Å². The molecule has 1 aromatic carbocycles. The van der Waals surface area contributed by atoms with Crippen LogP contribution in [0.2, 0.25) is 0 Å². The van der Waals surface area contributed by atoms with E-state index in [1.54, 1.807) is 15.8 Å². The number of aromatic nitrogens is 1. The van der Waals surface area contributed by atoms with Crippen LogP contribution < -0.4 is 15.6 Å². The summed E-state index contributed by atoms with van der Waals surface area (Å²) in [4.78, 5) is 26.6. The number of hydrogen-bond donors (Lipinski definition) is 1. The highest BCUT2D eigenvalue weighted by molar-refractivity contribution is 5.96. The minimum Gasteiger partial charge on any atom is -0.482 e. The van der Waals surface area contributed by atoms with E-state index in [1.807, 2.05) is 36.5 Å². The SMILES string of the molecule is O=C1c2c(OCc3ccccc3)c(=O)ccn2NCN1C=C1CC1. The van der Waals surface area contributed by atoms with Crippen molar-refractivity contribution in [2.24, 2.45) is 0 Å². The Balaban J connectivity index is 1.66. The molecule has 122 valence electrons. The predicted molar refractivity (Wildman–Crippen MR) is 89.2 cm³/mol. The van der Waals surface area contributed by atoms with Crippen LogP contribution in [-0.2, 0) is 6.61 Å². The maximum atomic E-state index is 12.8. The van der Waals surface area contributed by atoms with Crippen molar-refractivity contribution in [2.45, 2.75) is 19.4 Å². The molecule has 1 fully saturated rings. The Morgan fingerprint density at radius 3 is 2.67 bits per heavy atom. The molecule has 1 aromatic heterocycles. The van der Waals surface area contributed by atoms with Crippen molar-refractivity contribution in [3.05, 3.63) is 75.8 Å². The third-order valence-electron chi connectivity index (χ3n) is 4.03. The van der Waals surface area contributed by atoms with Crippen LogP contribution in [0.1, 0.15) is 28.9 Å². The molecule has 2 aromatic rings. The van der Waals surface area contributed by atoms with Gasteiger partial charge in [0, 0.05) is 18.5 Å². The number of carbonyl (C=O) groups excluding carboxylic acids is 1. The number of amides is 1. The standard InChI is InChI=1S/C18H17N3O3/c22-15-8-9-21-16(17(15)24-11-14-4-2-1-3-5-14)18(23)20(12-19-21)10-13-6-7-13/h1-5,8-10,19H,6-7,11-12H2. The Bertz CT molecular complexity index is 865. The summed E-state index contributed by atoms with van der Waals surface area (Å²) in [6.45, 7) is 0.609. The van der Waals surface area contributed by atoms with Gasteiger partial charge in [0.15, 0.2) is 11.4 Å². The topological polar surface area (TPSA) is 63.6 Å². The first-order valence-corrected chi connectivity index (χ1v) is 7.89. The third-order valence-corrected chi connectivity index (χ3v) is 4.03. The number of ether oxygens (including phenoxy) is 1. The Labute approximate surface area is 138 Å². The number of fused-ring (bicyclic) bond motifs is 1. The molecule has 1 aliphatic carbocycles. The zero-order chi connectivity index (χ0) is 16.5. The molecule has 0 radical (unpaired) electrons. The monoisotopic (exact) mass is 323 g/mol. The minimum atomic E-state index is -0.298. The van der Waals surface area contributed by atoms with Crippen LogP contribution in [0.4, 0.5) is 0 Å². The molecule has 2 aliphatic rings. The quantitative estimate of drug-likeness (QED) is 0.935. The number of nitrogens with zero attached hydrogens (tertiary/aromatic N) is 2. The number of nitrogens with one attached hydrogen (secondary N) is 1. The van der Waals surface area contributed by atoms with E-state index in [-0.39, 0.29) is 29.4 Å². The minimum absolute atomic E-state index is 0.0813. The van der Waals surface area contributed by atoms with E-state index < -0.39 is 0 Å². The summed E-state index contributed by atoms with van der Waals surface area (Å²) in [5.41, 5.74) is 5.22. The molecule has 0 spiro atoms. The maximum absolute atomic E-state index is 12.8. The van der Waals surface area contributed by atoms with Crippen molar-refractivity contribution in [1.82, 2.24) is 9.58 Å². The lowest BCUT2D eigenvalue weighted by atomic mass is 10.2. The summed E-state index contributed by atoms with van der Waals surface area (Å²) < 4.78 is 7.28. The highest BCUT2D eigenvalue weighted by Gasteiger charge is 2.29. The third kappa shape index (κ3) is 2.78. The van der Waals surface area contributed by atoms with Crippen LogP contribution in [-0.4, -0.2) is 22.2 Å². The molecule has 0 unspecified atom stereocenters. The molecule has 1 N–H and O–H groups in total. The molecule has 6 nitrogen and oxygen atoms in total. The van der Waals surface area contributed by atoms with Gasteiger partial charge in [-0.3, -0.25) is 19.2 Å². The highest BCUT2D eigenvalue weighted by atomic mass is 16.5. The Hall–Kier alpha value is -3.02. The van der Waals surface area contributed by atoms with Crippen LogP contribution >= 0.6 is 0 Å². The summed E-state index contributed by atoms with van der Waals surface area (Å²) in [6.07, 6.45) is 5.48. The smallest absolute Gasteiger partial charge is 0.281 e. The predicted octanol–water partition coefficient (Wildman–Crippen LogP) is 2.06. The molecular weight excluding hydrogens is 306 g/mol. The first-order valence-electron chi connectivity index (χ1n) is 7.89. The number of allylic oxidation sites excluding steroid dienone is 1. The number of pyridine rings is 1. The number of benzene rings is 1. The molecule has 1 aliphatic heterocycles. The van der Waals surface area contributed by atoms with Gasteiger partial charge in [-0.25, -0.2) is 0 Å². The van der Waals surface area contributed by atoms with Crippen molar-refractivity contribution in [3.63, 3.8) is 0 Å². The van der Waals surface area contributed by atoms with E-state index in [9.17, 15) is 9.59 Å². The van der Waals surface area contributed by atoms with Crippen LogP contribution in [0.3, 0.4) is 0 Å². The molecule has 24 heavy (non-hydrogen) atoms. The second-order valence-corrected chi connectivity index (χ2v) is 5.88. The Kier molecular flexibility index (Phi) is 3.57. The fourth-order valence-corrected chi connectivity index (χ4v) is 2.61. The number of rotatable bonds is 4. The van der Waals surface area contributed by atoms with Crippen molar-refractivity contribution in [3.8, 4) is 5.75 Å².